The van der Waals surface area contributed by atoms with Crippen LogP contribution in [0.25, 0.3) is 0 Å². The summed E-state index contributed by atoms with van der Waals surface area (Å²) >= 11 is 0. The van der Waals surface area contributed by atoms with E-state index < -0.39 is 63.6 Å². The molecule has 0 aromatic rings. The van der Waals surface area contributed by atoms with Crippen LogP contribution < -0.4 is 0 Å². The van der Waals surface area contributed by atoms with Gasteiger partial charge in [-0.1, -0.05) is 0 Å². The highest BCUT2D eigenvalue weighted by Gasteiger charge is 2.20. The second-order valence-corrected chi connectivity index (χ2v) is 8.00. The molecule has 0 amide bonds. The maximum atomic E-state index is 9.88. The lowest BCUT2D eigenvalue weighted by molar-refractivity contribution is 0.00745. The molecule has 13 heteroatoms. The van der Waals surface area contributed by atoms with Crippen LogP contribution in [0.4, 0.5) is 0 Å². The third-order valence-electron chi connectivity index (χ3n) is 4.86. The Kier molecular flexibility index (Phi) is 18.6. The maximum Gasteiger partial charge on any atom is 0.0897 e. The quantitative estimate of drug-likeness (QED) is 0.0752. The molecule has 0 rings (SSSR count). The van der Waals surface area contributed by atoms with Crippen LogP contribution in [0.1, 0.15) is 0 Å². The Labute approximate surface area is 189 Å². The summed E-state index contributed by atoms with van der Waals surface area (Å²) in [7, 11) is 0. The van der Waals surface area contributed by atoms with E-state index in [9.17, 15) is 30.6 Å². The van der Waals surface area contributed by atoms with E-state index in [-0.39, 0.29) is 32.7 Å². The van der Waals surface area contributed by atoms with Gasteiger partial charge in [-0.2, -0.15) is 0 Å². The zero-order valence-electron chi connectivity index (χ0n) is 18.6. The summed E-state index contributed by atoms with van der Waals surface area (Å²) in [5.41, 5.74) is 0. The van der Waals surface area contributed by atoms with Crippen molar-refractivity contribution in [1.82, 2.24) is 14.7 Å². The topological polar surface area (TPSA) is 212 Å². The minimum atomic E-state index is -1.03. The largest absolute Gasteiger partial charge is 0.394 e. The van der Waals surface area contributed by atoms with Gasteiger partial charge in [-0.3, -0.25) is 14.7 Å². The van der Waals surface area contributed by atoms with Crippen molar-refractivity contribution in [2.75, 3.05) is 91.9 Å². The van der Waals surface area contributed by atoms with Gasteiger partial charge in [0.25, 0.3) is 0 Å². The fraction of sp³-hybridized carbons (Fsp3) is 1.00. The third kappa shape index (κ3) is 15.3. The summed E-state index contributed by atoms with van der Waals surface area (Å²) in [5, 5.41) is 94.4. The molecule has 0 aliphatic carbocycles. The number of nitrogens with zero attached hydrogens (tertiary/aromatic N) is 3. The molecule has 13 nitrogen and oxygen atoms in total. The van der Waals surface area contributed by atoms with Gasteiger partial charge in [-0.25, -0.2) is 0 Å². The van der Waals surface area contributed by atoms with Gasteiger partial charge >= 0.3 is 0 Å². The molecule has 10 N–H and O–H groups in total. The summed E-state index contributed by atoms with van der Waals surface area (Å²) in [6, 6.07) is 0. The third-order valence-corrected chi connectivity index (χ3v) is 4.86. The van der Waals surface area contributed by atoms with E-state index in [1.54, 1.807) is 14.7 Å². The van der Waals surface area contributed by atoms with Gasteiger partial charge in [0.2, 0.25) is 0 Å². The summed E-state index contributed by atoms with van der Waals surface area (Å²) in [6.07, 6.45) is -5.16. The van der Waals surface area contributed by atoms with Crippen molar-refractivity contribution in [3.63, 3.8) is 0 Å². The van der Waals surface area contributed by atoms with Crippen LogP contribution in [0.5, 0.6) is 0 Å². The molecule has 0 aromatic heterocycles. The molecule has 194 valence electrons. The van der Waals surface area contributed by atoms with E-state index in [4.69, 9.17) is 20.4 Å². The smallest absolute Gasteiger partial charge is 0.0897 e. The highest BCUT2D eigenvalue weighted by atomic mass is 16.3. The Morgan fingerprint density at radius 2 is 0.531 bits per heavy atom. The van der Waals surface area contributed by atoms with E-state index in [1.165, 1.54) is 0 Å². The summed E-state index contributed by atoms with van der Waals surface area (Å²) in [5.74, 6) is 0. The van der Waals surface area contributed by atoms with Gasteiger partial charge < -0.3 is 51.1 Å². The molecule has 0 bridgehead atoms. The molecule has 0 aromatic carbocycles. The Morgan fingerprint density at radius 3 is 0.750 bits per heavy atom. The zero-order valence-corrected chi connectivity index (χ0v) is 18.6. The zero-order chi connectivity index (χ0) is 24.5. The fourth-order valence-corrected chi connectivity index (χ4v) is 3.15. The number of aliphatic hydroxyl groups excluding tert-OH is 10. The summed E-state index contributed by atoms with van der Waals surface area (Å²) < 4.78 is 0. The first kappa shape index (κ1) is 31.5. The first-order valence-corrected chi connectivity index (χ1v) is 10.8. The monoisotopic (exact) mass is 473 g/mol. The number of hydrogen-bond acceptors (Lipinski definition) is 13. The number of aliphatic hydroxyl groups is 10. The molecule has 0 aliphatic heterocycles. The lowest BCUT2D eigenvalue weighted by atomic mass is 10.2. The standard InChI is InChI=1S/C19H43N3O10/c23-10-15(28)5-20(1-3-21(6-16(29)11-24)7-17(30)12-25)2-4-22(8-18(31)13-26)9-19(32)14-27/h15-19,23-32H,1-14H2. The second-order valence-electron chi connectivity index (χ2n) is 8.00. The fourth-order valence-electron chi connectivity index (χ4n) is 3.15. The van der Waals surface area contributed by atoms with E-state index in [0.29, 0.717) is 26.2 Å². The summed E-state index contributed by atoms with van der Waals surface area (Å²) in [4.78, 5) is 5.11. The Hall–Kier alpha value is -0.520. The second kappa shape index (κ2) is 18.9. The minimum absolute atomic E-state index is 0.0570. The van der Waals surface area contributed by atoms with Crippen molar-refractivity contribution < 1.29 is 51.1 Å². The first-order chi connectivity index (χ1) is 15.2. The van der Waals surface area contributed by atoms with Crippen LogP contribution >= 0.6 is 0 Å². The Bertz CT molecular complexity index is 384. The average molecular weight is 474 g/mol. The molecule has 0 heterocycles. The minimum Gasteiger partial charge on any atom is -0.394 e. The normalized spacial score (nSPS) is 17.2. The van der Waals surface area contributed by atoms with Crippen LogP contribution in [-0.4, -0.2) is 188 Å². The Balaban J connectivity index is 5.09. The van der Waals surface area contributed by atoms with Gasteiger partial charge in [0.15, 0.2) is 0 Å². The molecule has 0 radical (unpaired) electrons. The van der Waals surface area contributed by atoms with Crippen molar-refractivity contribution in [1.29, 1.82) is 0 Å². The molecule has 32 heavy (non-hydrogen) atoms. The number of rotatable bonds is 21. The van der Waals surface area contributed by atoms with E-state index >= 15 is 0 Å². The van der Waals surface area contributed by atoms with E-state index in [0.717, 1.165) is 0 Å². The predicted molar refractivity (Wildman–Crippen MR) is 115 cm³/mol. The highest BCUT2D eigenvalue weighted by molar-refractivity contribution is 4.75. The maximum absolute atomic E-state index is 9.88. The lowest BCUT2D eigenvalue weighted by Gasteiger charge is -2.33. The highest BCUT2D eigenvalue weighted by Crippen LogP contribution is 2.02. The first-order valence-electron chi connectivity index (χ1n) is 10.8. The van der Waals surface area contributed by atoms with Crippen LogP contribution in [0.3, 0.4) is 0 Å². The molecular formula is C19H43N3O10. The van der Waals surface area contributed by atoms with Crippen molar-refractivity contribution >= 4 is 0 Å². The van der Waals surface area contributed by atoms with Crippen molar-refractivity contribution in [3.8, 4) is 0 Å². The van der Waals surface area contributed by atoms with Crippen LogP contribution in [0, 0.1) is 0 Å². The Morgan fingerprint density at radius 1 is 0.344 bits per heavy atom. The molecule has 0 spiro atoms. The van der Waals surface area contributed by atoms with Crippen LogP contribution in [0.15, 0.2) is 0 Å². The number of hydrogen-bond donors (Lipinski definition) is 10. The van der Waals surface area contributed by atoms with Crippen LogP contribution in [0.2, 0.25) is 0 Å². The molecule has 0 aliphatic rings. The molecule has 5 atom stereocenters. The van der Waals surface area contributed by atoms with Gasteiger partial charge in [-0.15, -0.1) is 0 Å². The molecule has 5 unspecified atom stereocenters. The summed E-state index contributed by atoms with van der Waals surface area (Å²) in [6.45, 7) is -0.679. The molecular weight excluding hydrogens is 430 g/mol. The lowest BCUT2D eigenvalue weighted by Crippen LogP contribution is -2.48. The van der Waals surface area contributed by atoms with Crippen molar-refractivity contribution in [3.05, 3.63) is 0 Å². The van der Waals surface area contributed by atoms with E-state index in [1.807, 2.05) is 0 Å². The van der Waals surface area contributed by atoms with Gasteiger partial charge in [-0.05, 0) is 0 Å². The molecule has 0 saturated carbocycles. The average Bonchev–Trinajstić information content (AvgIpc) is 2.79. The van der Waals surface area contributed by atoms with Crippen LogP contribution in [-0.2, 0) is 0 Å². The molecule has 0 saturated heterocycles. The van der Waals surface area contributed by atoms with Gasteiger partial charge in [0.05, 0.1) is 63.6 Å². The van der Waals surface area contributed by atoms with Crippen molar-refractivity contribution in [2.24, 2.45) is 0 Å². The van der Waals surface area contributed by atoms with E-state index in [2.05, 4.69) is 0 Å². The molecule has 0 fully saturated rings. The van der Waals surface area contributed by atoms with Crippen molar-refractivity contribution in [2.45, 2.75) is 30.5 Å². The predicted octanol–water partition coefficient (Wildman–Crippen LogP) is -6.34. The van der Waals surface area contributed by atoms with Gasteiger partial charge in [0.1, 0.15) is 0 Å². The SMILES string of the molecule is OCC(O)CN(CCN(CC(O)CO)CC(O)CO)CCN(CC(O)CO)CC(O)CO. The van der Waals surface area contributed by atoms with Gasteiger partial charge in [0, 0.05) is 58.9 Å².